The van der Waals surface area contributed by atoms with Gasteiger partial charge in [-0.2, -0.15) is 0 Å². The number of carbonyl (C=O) groups excluding carboxylic acids is 2. The number of nitrogens with zero attached hydrogens (tertiary/aromatic N) is 2. The van der Waals surface area contributed by atoms with Crippen LogP contribution in [-0.4, -0.2) is 49.6 Å². The number of carbonyl (C=O) groups is 2. The second-order valence-electron chi connectivity index (χ2n) is 8.15. The van der Waals surface area contributed by atoms with Crippen molar-refractivity contribution >= 4 is 33.1 Å². The first-order valence-electron chi connectivity index (χ1n) is 9.90. The third kappa shape index (κ3) is 4.12. The SMILES string of the molecule is CS(=N)(=O)C1(CN2CCn3c(ccc(C(=O)NCc4ccc(Cl)cc4)c3=O)C2=O)CC1. The first-order chi connectivity index (χ1) is 14.6. The van der Waals surface area contributed by atoms with E-state index in [0.717, 1.165) is 5.56 Å². The number of halogens is 1. The summed E-state index contributed by atoms with van der Waals surface area (Å²) in [5.74, 6) is -0.853. The van der Waals surface area contributed by atoms with Crippen molar-refractivity contribution in [2.75, 3.05) is 19.3 Å². The largest absolute Gasteiger partial charge is 0.348 e. The van der Waals surface area contributed by atoms with Crippen molar-refractivity contribution in [1.82, 2.24) is 14.8 Å². The second kappa shape index (κ2) is 7.80. The topological polar surface area (TPSA) is 112 Å². The Bertz CT molecular complexity index is 1220. The number of amides is 2. The highest BCUT2D eigenvalue weighted by atomic mass is 35.5. The van der Waals surface area contributed by atoms with Gasteiger partial charge in [-0.25, -0.2) is 4.21 Å². The zero-order valence-corrected chi connectivity index (χ0v) is 18.6. The molecule has 10 heteroatoms. The van der Waals surface area contributed by atoms with Gasteiger partial charge < -0.3 is 14.8 Å². The summed E-state index contributed by atoms with van der Waals surface area (Å²) < 4.78 is 20.9. The minimum absolute atomic E-state index is 0.0274. The van der Waals surface area contributed by atoms with Crippen molar-refractivity contribution in [2.45, 2.75) is 30.7 Å². The number of benzene rings is 1. The minimum atomic E-state index is -2.77. The van der Waals surface area contributed by atoms with Crippen LogP contribution < -0.4 is 10.9 Å². The molecule has 1 aromatic heterocycles. The lowest BCUT2D eigenvalue weighted by Gasteiger charge is -2.32. The molecule has 0 spiro atoms. The van der Waals surface area contributed by atoms with Gasteiger partial charge in [-0.1, -0.05) is 23.7 Å². The third-order valence-corrected chi connectivity index (χ3v) is 8.44. The van der Waals surface area contributed by atoms with Crippen LogP contribution in [-0.2, 0) is 22.8 Å². The molecule has 31 heavy (non-hydrogen) atoms. The Morgan fingerprint density at radius 2 is 1.84 bits per heavy atom. The summed E-state index contributed by atoms with van der Waals surface area (Å²) in [5.41, 5.74) is 0.506. The van der Waals surface area contributed by atoms with Gasteiger partial charge in [-0.05, 0) is 42.7 Å². The van der Waals surface area contributed by atoms with Crippen LogP contribution in [0.2, 0.25) is 5.02 Å². The van der Waals surface area contributed by atoms with E-state index in [9.17, 15) is 18.6 Å². The maximum atomic E-state index is 12.9. The van der Waals surface area contributed by atoms with E-state index in [1.54, 1.807) is 29.2 Å². The van der Waals surface area contributed by atoms with Crippen LogP contribution in [0.1, 0.15) is 39.3 Å². The minimum Gasteiger partial charge on any atom is -0.348 e. The number of fused-ring (bicyclic) bond motifs is 1. The monoisotopic (exact) mass is 462 g/mol. The summed E-state index contributed by atoms with van der Waals surface area (Å²) in [7, 11) is -2.77. The van der Waals surface area contributed by atoms with E-state index in [1.807, 2.05) is 0 Å². The number of nitrogens with one attached hydrogen (secondary N) is 2. The van der Waals surface area contributed by atoms with E-state index in [4.69, 9.17) is 16.4 Å². The van der Waals surface area contributed by atoms with Crippen LogP contribution in [0.25, 0.3) is 0 Å². The van der Waals surface area contributed by atoms with Crippen LogP contribution >= 0.6 is 11.6 Å². The lowest BCUT2D eigenvalue weighted by atomic mass is 10.1. The highest BCUT2D eigenvalue weighted by molar-refractivity contribution is 7.93. The van der Waals surface area contributed by atoms with Gasteiger partial charge in [-0.15, -0.1) is 0 Å². The summed E-state index contributed by atoms with van der Waals surface area (Å²) >= 11 is 5.86. The summed E-state index contributed by atoms with van der Waals surface area (Å²) in [6, 6.07) is 9.86. The van der Waals surface area contributed by atoms with Crippen molar-refractivity contribution in [3.63, 3.8) is 0 Å². The molecule has 1 fully saturated rings. The standard InChI is InChI=1S/C21H23ClN4O4S/c1-31(23,30)21(8-9-21)13-25-10-11-26-17(20(25)29)7-6-16(19(26)28)18(27)24-12-14-2-4-15(22)5-3-14/h2-7,23H,8-13H2,1H3,(H,24,27). The number of hydrogen-bond acceptors (Lipinski definition) is 5. The van der Waals surface area contributed by atoms with Gasteiger partial charge in [0.2, 0.25) is 0 Å². The lowest BCUT2D eigenvalue weighted by Crippen LogP contribution is -2.49. The molecule has 0 radical (unpaired) electrons. The van der Waals surface area contributed by atoms with E-state index < -0.39 is 25.9 Å². The van der Waals surface area contributed by atoms with Gasteiger partial charge in [0.25, 0.3) is 17.4 Å². The molecule has 1 aromatic carbocycles. The van der Waals surface area contributed by atoms with Crippen molar-refractivity contribution < 1.29 is 13.8 Å². The molecule has 0 saturated heterocycles. The van der Waals surface area contributed by atoms with Gasteiger partial charge >= 0.3 is 0 Å². The average molecular weight is 463 g/mol. The number of hydrogen-bond donors (Lipinski definition) is 2. The van der Waals surface area contributed by atoms with Crippen molar-refractivity contribution in [2.24, 2.45) is 0 Å². The molecule has 4 rings (SSSR count). The number of rotatable bonds is 6. The highest BCUT2D eigenvalue weighted by Gasteiger charge is 2.51. The molecule has 1 atom stereocenters. The molecule has 1 saturated carbocycles. The van der Waals surface area contributed by atoms with Crippen molar-refractivity contribution in [3.8, 4) is 0 Å². The maximum Gasteiger partial charge on any atom is 0.270 e. The zero-order valence-electron chi connectivity index (χ0n) is 17.0. The van der Waals surface area contributed by atoms with E-state index in [2.05, 4.69) is 5.32 Å². The van der Waals surface area contributed by atoms with E-state index in [1.165, 1.54) is 23.0 Å². The molecule has 2 aliphatic rings. The first-order valence-corrected chi connectivity index (χ1v) is 12.2. The van der Waals surface area contributed by atoms with Crippen LogP contribution in [0.5, 0.6) is 0 Å². The predicted molar refractivity (Wildman–Crippen MR) is 118 cm³/mol. The molecule has 1 aliphatic heterocycles. The van der Waals surface area contributed by atoms with Crippen LogP contribution in [0.3, 0.4) is 0 Å². The van der Waals surface area contributed by atoms with Gasteiger partial charge in [-0.3, -0.25) is 19.2 Å². The van der Waals surface area contributed by atoms with Crippen LogP contribution in [0.4, 0.5) is 0 Å². The molecule has 0 bridgehead atoms. The quantitative estimate of drug-likeness (QED) is 0.684. The molecular formula is C21H23ClN4O4S. The molecular weight excluding hydrogens is 440 g/mol. The summed E-state index contributed by atoms with van der Waals surface area (Å²) in [6.07, 6.45) is 2.74. The molecule has 1 aliphatic carbocycles. The summed E-state index contributed by atoms with van der Waals surface area (Å²) in [5, 5.41) is 3.31. The van der Waals surface area contributed by atoms with Crippen molar-refractivity contribution in [1.29, 1.82) is 4.78 Å². The lowest BCUT2D eigenvalue weighted by molar-refractivity contribution is 0.0695. The first kappa shape index (κ1) is 21.6. The Morgan fingerprint density at radius 3 is 2.45 bits per heavy atom. The van der Waals surface area contributed by atoms with Gasteiger partial charge in [0.05, 0.1) is 4.75 Å². The van der Waals surface area contributed by atoms with Crippen LogP contribution in [0, 0.1) is 4.78 Å². The Morgan fingerprint density at radius 1 is 1.16 bits per heavy atom. The normalized spacial score (nSPS) is 18.8. The van der Waals surface area contributed by atoms with Gasteiger partial charge in [0, 0.05) is 47.2 Å². The Labute approximate surface area is 185 Å². The van der Waals surface area contributed by atoms with Crippen LogP contribution in [0.15, 0.2) is 41.2 Å². The molecule has 2 heterocycles. The number of aromatic nitrogens is 1. The Hall–Kier alpha value is -2.65. The molecule has 2 aromatic rings. The smallest absolute Gasteiger partial charge is 0.270 e. The molecule has 2 N–H and O–H groups in total. The Balaban J connectivity index is 1.50. The third-order valence-electron chi connectivity index (χ3n) is 6.00. The Kier molecular flexibility index (Phi) is 5.43. The van der Waals surface area contributed by atoms with E-state index >= 15 is 0 Å². The second-order valence-corrected chi connectivity index (χ2v) is 11.1. The molecule has 2 amide bonds. The number of pyridine rings is 1. The molecule has 8 nitrogen and oxygen atoms in total. The maximum absolute atomic E-state index is 12.9. The average Bonchev–Trinajstić information content (AvgIpc) is 3.51. The van der Waals surface area contributed by atoms with E-state index in [-0.39, 0.29) is 43.3 Å². The predicted octanol–water partition coefficient (Wildman–Crippen LogP) is 2.10. The molecule has 1 unspecified atom stereocenters. The zero-order chi connectivity index (χ0) is 22.4. The van der Waals surface area contributed by atoms with E-state index in [0.29, 0.717) is 17.9 Å². The van der Waals surface area contributed by atoms with Crippen molar-refractivity contribution in [3.05, 3.63) is 68.6 Å². The summed E-state index contributed by atoms with van der Waals surface area (Å²) in [4.78, 5) is 39.9. The fourth-order valence-corrected chi connectivity index (χ4v) is 5.24. The van der Waals surface area contributed by atoms with Gasteiger partial charge in [0.15, 0.2) is 0 Å². The van der Waals surface area contributed by atoms with Gasteiger partial charge in [0.1, 0.15) is 11.3 Å². The highest BCUT2D eigenvalue weighted by Crippen LogP contribution is 2.44. The fraction of sp³-hybridized carbons (Fsp3) is 0.381. The summed E-state index contributed by atoms with van der Waals surface area (Å²) in [6.45, 7) is 1.02. The fourth-order valence-electron chi connectivity index (χ4n) is 3.83. The molecule has 164 valence electrons.